The second-order valence-corrected chi connectivity index (χ2v) is 5.60. The molecule has 1 fully saturated rings. The fourth-order valence-electron chi connectivity index (χ4n) is 2.90. The van der Waals surface area contributed by atoms with Crippen molar-refractivity contribution in [3.8, 4) is 11.3 Å². The molecule has 2 heterocycles. The third-order valence-corrected chi connectivity index (χ3v) is 3.87. The molecule has 22 heavy (non-hydrogen) atoms. The summed E-state index contributed by atoms with van der Waals surface area (Å²) in [5.74, 6) is 0.315. The van der Waals surface area contributed by atoms with Gasteiger partial charge >= 0.3 is 0 Å². The average Bonchev–Trinajstić information content (AvgIpc) is 2.55. The first-order valence-electron chi connectivity index (χ1n) is 7.63. The molecule has 1 aliphatic heterocycles. The average molecular weight is 296 g/mol. The number of amides is 1. The first kappa shape index (κ1) is 14.7. The van der Waals surface area contributed by atoms with Gasteiger partial charge in [0, 0.05) is 43.0 Å². The van der Waals surface area contributed by atoms with Crippen molar-refractivity contribution in [2.45, 2.75) is 25.7 Å². The molecule has 0 radical (unpaired) electrons. The Morgan fingerprint density at radius 1 is 1.32 bits per heavy atom. The molecule has 1 aromatic carbocycles. The number of carbonyl (C=O) groups is 1. The number of nitrogens with zero attached hydrogens (tertiary/aromatic N) is 2. The molecule has 2 aromatic rings. The smallest absolute Gasteiger partial charge is 0.221 e. The summed E-state index contributed by atoms with van der Waals surface area (Å²) in [6, 6.07) is 7.77. The molecule has 1 saturated heterocycles. The molecule has 0 saturated carbocycles. The Balaban J connectivity index is 1.96. The first-order valence-corrected chi connectivity index (χ1v) is 7.63. The van der Waals surface area contributed by atoms with Crippen molar-refractivity contribution in [3.05, 3.63) is 42.4 Å². The Kier molecular flexibility index (Phi) is 4.44. The highest BCUT2D eigenvalue weighted by Gasteiger charge is 2.21. The highest BCUT2D eigenvalue weighted by molar-refractivity contribution is 5.89. The predicted octanol–water partition coefficient (Wildman–Crippen LogP) is 2.57. The maximum Gasteiger partial charge on any atom is 0.221 e. The van der Waals surface area contributed by atoms with Crippen LogP contribution in [0.25, 0.3) is 11.3 Å². The summed E-state index contributed by atoms with van der Waals surface area (Å²) in [5.41, 5.74) is 3.71. The molecular weight excluding hydrogens is 276 g/mol. The van der Waals surface area contributed by atoms with Crippen LogP contribution in [0.1, 0.15) is 31.4 Å². The number of piperidine rings is 1. The molecule has 1 amide bonds. The quantitative estimate of drug-likeness (QED) is 0.913. The Labute approximate surface area is 130 Å². The topological polar surface area (TPSA) is 66.9 Å². The maximum absolute atomic E-state index is 11.2. The van der Waals surface area contributed by atoms with Gasteiger partial charge in [0.05, 0.1) is 11.4 Å². The molecule has 5 heteroatoms. The number of nitrogens with one attached hydrogen (secondary N) is 2. The molecule has 114 valence electrons. The summed E-state index contributed by atoms with van der Waals surface area (Å²) in [7, 11) is 0. The lowest BCUT2D eigenvalue weighted by Crippen LogP contribution is -2.29. The fourth-order valence-corrected chi connectivity index (χ4v) is 2.90. The van der Waals surface area contributed by atoms with Crippen LogP contribution in [0, 0.1) is 0 Å². The molecule has 2 N–H and O–H groups in total. The minimum atomic E-state index is -0.0759. The van der Waals surface area contributed by atoms with Crippen molar-refractivity contribution >= 4 is 11.6 Å². The monoisotopic (exact) mass is 296 g/mol. The van der Waals surface area contributed by atoms with Crippen LogP contribution in [0.2, 0.25) is 0 Å². The zero-order valence-electron chi connectivity index (χ0n) is 12.7. The number of hydrogen-bond acceptors (Lipinski definition) is 4. The van der Waals surface area contributed by atoms with Crippen LogP contribution < -0.4 is 10.6 Å². The Bertz CT molecular complexity index is 665. The lowest BCUT2D eigenvalue weighted by Gasteiger charge is -2.23. The summed E-state index contributed by atoms with van der Waals surface area (Å²) >= 11 is 0. The molecule has 0 aliphatic carbocycles. The molecule has 1 aliphatic rings. The molecule has 5 nitrogen and oxygen atoms in total. The van der Waals surface area contributed by atoms with Gasteiger partial charge in [0.2, 0.25) is 5.91 Å². The predicted molar refractivity (Wildman–Crippen MR) is 86.6 cm³/mol. The number of aromatic nitrogens is 2. The van der Waals surface area contributed by atoms with E-state index in [-0.39, 0.29) is 5.91 Å². The van der Waals surface area contributed by atoms with E-state index in [0.717, 1.165) is 48.6 Å². The van der Waals surface area contributed by atoms with Gasteiger partial charge in [-0.1, -0.05) is 12.1 Å². The van der Waals surface area contributed by atoms with Gasteiger partial charge < -0.3 is 10.6 Å². The maximum atomic E-state index is 11.2. The van der Waals surface area contributed by atoms with Crippen molar-refractivity contribution in [2.75, 3.05) is 18.4 Å². The van der Waals surface area contributed by atoms with E-state index in [2.05, 4.69) is 20.6 Å². The Morgan fingerprint density at radius 2 is 2.18 bits per heavy atom. The van der Waals surface area contributed by atoms with Gasteiger partial charge in [0.25, 0.3) is 0 Å². The zero-order chi connectivity index (χ0) is 15.4. The number of benzene rings is 1. The van der Waals surface area contributed by atoms with E-state index in [1.54, 1.807) is 12.4 Å². The fraction of sp³-hybridized carbons (Fsp3) is 0.353. The summed E-state index contributed by atoms with van der Waals surface area (Å²) in [6.45, 7) is 3.52. The minimum Gasteiger partial charge on any atom is -0.326 e. The Morgan fingerprint density at radius 3 is 2.95 bits per heavy atom. The van der Waals surface area contributed by atoms with Crippen LogP contribution in [-0.4, -0.2) is 29.0 Å². The van der Waals surface area contributed by atoms with Gasteiger partial charge in [-0.3, -0.25) is 14.8 Å². The summed E-state index contributed by atoms with van der Waals surface area (Å²) in [4.78, 5) is 20.3. The van der Waals surface area contributed by atoms with Gasteiger partial charge in [-0.05, 0) is 31.5 Å². The largest absolute Gasteiger partial charge is 0.326 e. The molecule has 0 bridgehead atoms. The third kappa shape index (κ3) is 3.31. The van der Waals surface area contributed by atoms with E-state index in [9.17, 15) is 4.79 Å². The highest BCUT2D eigenvalue weighted by Crippen LogP contribution is 2.30. The van der Waals surface area contributed by atoms with E-state index in [1.165, 1.54) is 6.92 Å². The van der Waals surface area contributed by atoms with E-state index in [0.29, 0.717) is 5.92 Å². The van der Waals surface area contributed by atoms with Crippen LogP contribution in [0.5, 0.6) is 0 Å². The summed E-state index contributed by atoms with van der Waals surface area (Å²) < 4.78 is 0. The van der Waals surface area contributed by atoms with Crippen LogP contribution in [0.4, 0.5) is 5.69 Å². The minimum absolute atomic E-state index is 0.0759. The second kappa shape index (κ2) is 6.66. The molecule has 0 spiro atoms. The van der Waals surface area contributed by atoms with Gasteiger partial charge in [0.15, 0.2) is 0 Å². The molecule has 1 atom stereocenters. The third-order valence-electron chi connectivity index (χ3n) is 3.87. The van der Waals surface area contributed by atoms with Crippen LogP contribution in [-0.2, 0) is 4.79 Å². The van der Waals surface area contributed by atoms with E-state index >= 15 is 0 Å². The number of anilines is 1. The Hall–Kier alpha value is -2.27. The van der Waals surface area contributed by atoms with Crippen molar-refractivity contribution in [1.29, 1.82) is 0 Å². The van der Waals surface area contributed by atoms with E-state index in [1.807, 2.05) is 24.3 Å². The van der Waals surface area contributed by atoms with Crippen molar-refractivity contribution in [2.24, 2.45) is 0 Å². The van der Waals surface area contributed by atoms with Crippen molar-refractivity contribution < 1.29 is 4.79 Å². The molecule has 0 unspecified atom stereocenters. The molecule has 3 rings (SSSR count). The van der Waals surface area contributed by atoms with Crippen molar-refractivity contribution in [1.82, 2.24) is 15.3 Å². The van der Waals surface area contributed by atoms with Gasteiger partial charge in [-0.2, -0.15) is 0 Å². The van der Waals surface area contributed by atoms with Crippen LogP contribution >= 0.6 is 0 Å². The van der Waals surface area contributed by atoms with Crippen LogP contribution in [0.3, 0.4) is 0 Å². The van der Waals surface area contributed by atoms with Crippen LogP contribution in [0.15, 0.2) is 36.7 Å². The normalized spacial score (nSPS) is 18.0. The highest BCUT2D eigenvalue weighted by atomic mass is 16.1. The number of rotatable bonds is 3. The van der Waals surface area contributed by atoms with Gasteiger partial charge in [-0.25, -0.2) is 0 Å². The SMILES string of the molecule is CC(=O)Nc1cccc(-c2nccnc2[C@@H]2CCCNC2)c1. The zero-order valence-corrected chi connectivity index (χ0v) is 12.7. The van der Waals surface area contributed by atoms with E-state index in [4.69, 9.17) is 0 Å². The van der Waals surface area contributed by atoms with Gasteiger partial charge in [-0.15, -0.1) is 0 Å². The molecular formula is C17H20N4O. The standard InChI is InChI=1S/C17H20N4O/c1-12(22)21-15-6-2-4-13(10-15)16-17(20-9-8-19-16)14-5-3-7-18-11-14/h2,4,6,8-10,14,18H,3,5,7,11H2,1H3,(H,21,22)/t14-/m1/s1. The lowest BCUT2D eigenvalue weighted by molar-refractivity contribution is -0.114. The van der Waals surface area contributed by atoms with Crippen molar-refractivity contribution in [3.63, 3.8) is 0 Å². The first-order chi connectivity index (χ1) is 10.7. The number of carbonyl (C=O) groups excluding carboxylic acids is 1. The summed E-state index contributed by atoms with van der Waals surface area (Å²) in [5, 5.41) is 6.24. The summed E-state index contributed by atoms with van der Waals surface area (Å²) in [6.07, 6.45) is 5.77. The van der Waals surface area contributed by atoms with Gasteiger partial charge in [0.1, 0.15) is 0 Å². The van der Waals surface area contributed by atoms with E-state index < -0.39 is 0 Å². The lowest BCUT2D eigenvalue weighted by atomic mass is 9.92. The number of hydrogen-bond donors (Lipinski definition) is 2. The second-order valence-electron chi connectivity index (χ2n) is 5.60. The molecule has 1 aromatic heterocycles.